The number of pyridine rings is 1. The van der Waals surface area contributed by atoms with Gasteiger partial charge in [-0.25, -0.2) is 0 Å². The van der Waals surface area contributed by atoms with E-state index in [1.165, 1.54) is 11.1 Å². The fourth-order valence-electron chi connectivity index (χ4n) is 5.43. The van der Waals surface area contributed by atoms with E-state index < -0.39 is 0 Å². The van der Waals surface area contributed by atoms with Gasteiger partial charge in [-0.1, -0.05) is 48.9 Å². The van der Waals surface area contributed by atoms with E-state index in [0.29, 0.717) is 0 Å². The van der Waals surface area contributed by atoms with Crippen molar-refractivity contribution in [2.24, 2.45) is 5.92 Å². The Morgan fingerprint density at radius 3 is 1.94 bits per heavy atom. The molecule has 1 aliphatic carbocycles. The lowest BCUT2D eigenvalue weighted by Gasteiger charge is -2.38. The summed E-state index contributed by atoms with van der Waals surface area (Å²) in [5.74, 6) is 1.65. The highest BCUT2D eigenvalue weighted by molar-refractivity contribution is 6.01. The van der Waals surface area contributed by atoms with Gasteiger partial charge in [0.2, 0.25) is 5.91 Å². The molecule has 1 fully saturated rings. The summed E-state index contributed by atoms with van der Waals surface area (Å²) < 4.78 is 10.7. The van der Waals surface area contributed by atoms with E-state index in [1.807, 2.05) is 54.6 Å². The number of anilines is 1. The van der Waals surface area contributed by atoms with Crippen LogP contribution in [0, 0.1) is 5.92 Å². The second kappa shape index (κ2) is 10.2. The SMILES string of the molecule is COc1ccc([C@H]2CCC[C@@H](c3ccc(OC)cc3)C2C(=O)Nc2cccc3cccnc23)cc1. The standard InChI is InChI=1S/C30H30N2O3/c1-34-23-15-11-20(12-16-23)25-8-4-9-26(21-13-17-24(35-2)18-14-21)28(25)30(33)32-27-10-3-6-22-7-5-19-31-29(22)27/h3,5-7,10-19,25-26,28H,4,8-9H2,1-2H3,(H,32,33)/t25-,26+,28?. The first kappa shape index (κ1) is 22.9. The fraction of sp³-hybridized carbons (Fsp3) is 0.267. The van der Waals surface area contributed by atoms with E-state index >= 15 is 0 Å². The molecule has 1 aromatic heterocycles. The maximum Gasteiger partial charge on any atom is 0.228 e. The second-order valence-corrected chi connectivity index (χ2v) is 9.09. The molecule has 35 heavy (non-hydrogen) atoms. The minimum atomic E-state index is -0.218. The summed E-state index contributed by atoms with van der Waals surface area (Å²) in [6.45, 7) is 0. The number of carbonyl (C=O) groups excluding carboxylic acids is 1. The first-order valence-electron chi connectivity index (χ1n) is 12.1. The number of aromatic nitrogens is 1. The minimum absolute atomic E-state index is 0.0319. The molecule has 0 spiro atoms. The molecular weight excluding hydrogens is 436 g/mol. The van der Waals surface area contributed by atoms with E-state index in [2.05, 4.69) is 34.6 Å². The number of nitrogens with zero attached hydrogens (tertiary/aromatic N) is 1. The molecule has 1 unspecified atom stereocenters. The molecule has 178 valence electrons. The molecule has 5 heteroatoms. The van der Waals surface area contributed by atoms with Crippen LogP contribution in [-0.2, 0) is 4.79 Å². The van der Waals surface area contributed by atoms with E-state index in [9.17, 15) is 4.79 Å². The highest BCUT2D eigenvalue weighted by Gasteiger charge is 2.40. The fourth-order valence-corrected chi connectivity index (χ4v) is 5.43. The zero-order chi connectivity index (χ0) is 24.2. The Morgan fingerprint density at radius 2 is 1.37 bits per heavy atom. The summed E-state index contributed by atoms with van der Waals surface area (Å²) in [5.41, 5.74) is 3.89. The van der Waals surface area contributed by atoms with E-state index in [0.717, 1.165) is 47.4 Å². The van der Waals surface area contributed by atoms with E-state index in [4.69, 9.17) is 9.47 Å². The van der Waals surface area contributed by atoms with Crippen LogP contribution in [0.3, 0.4) is 0 Å². The summed E-state index contributed by atoms with van der Waals surface area (Å²) in [6, 6.07) is 26.1. The smallest absolute Gasteiger partial charge is 0.228 e. The minimum Gasteiger partial charge on any atom is -0.497 e. The van der Waals surface area contributed by atoms with Gasteiger partial charge in [-0.05, 0) is 72.2 Å². The van der Waals surface area contributed by atoms with E-state index in [1.54, 1.807) is 20.4 Å². The van der Waals surface area contributed by atoms with Crippen LogP contribution >= 0.6 is 0 Å². The summed E-state index contributed by atoms with van der Waals surface area (Å²) in [4.78, 5) is 18.6. The molecule has 4 aromatic rings. The van der Waals surface area contributed by atoms with Gasteiger partial charge in [-0.3, -0.25) is 9.78 Å². The van der Waals surface area contributed by atoms with Crippen molar-refractivity contribution in [2.75, 3.05) is 19.5 Å². The molecule has 0 radical (unpaired) electrons. The summed E-state index contributed by atoms with van der Waals surface area (Å²) >= 11 is 0. The van der Waals surface area contributed by atoms with Gasteiger partial charge in [0.05, 0.1) is 31.3 Å². The van der Waals surface area contributed by atoms with Crippen LogP contribution in [0.2, 0.25) is 0 Å². The molecule has 1 N–H and O–H groups in total. The number of ether oxygens (including phenoxy) is 2. The van der Waals surface area contributed by atoms with Gasteiger partial charge in [0, 0.05) is 11.6 Å². The molecule has 5 rings (SSSR count). The molecule has 1 amide bonds. The van der Waals surface area contributed by atoms with Crippen molar-refractivity contribution >= 4 is 22.5 Å². The van der Waals surface area contributed by atoms with Crippen molar-refractivity contribution in [3.8, 4) is 11.5 Å². The maximum absolute atomic E-state index is 14.0. The third-order valence-electron chi connectivity index (χ3n) is 7.18. The van der Waals surface area contributed by atoms with Crippen molar-refractivity contribution < 1.29 is 14.3 Å². The molecule has 0 bridgehead atoms. The number of benzene rings is 3. The average molecular weight is 467 g/mol. The lowest BCUT2D eigenvalue weighted by Crippen LogP contribution is -2.36. The number of para-hydroxylation sites is 1. The van der Waals surface area contributed by atoms with Crippen molar-refractivity contribution in [1.29, 1.82) is 0 Å². The number of methoxy groups -OCH3 is 2. The van der Waals surface area contributed by atoms with Crippen LogP contribution in [0.15, 0.2) is 85.1 Å². The number of hydrogen-bond donors (Lipinski definition) is 1. The first-order chi connectivity index (χ1) is 17.2. The van der Waals surface area contributed by atoms with Gasteiger partial charge in [-0.2, -0.15) is 0 Å². The van der Waals surface area contributed by atoms with Crippen molar-refractivity contribution in [3.63, 3.8) is 0 Å². The summed E-state index contributed by atoms with van der Waals surface area (Å²) in [7, 11) is 3.34. The Labute approximate surface area is 206 Å². The zero-order valence-corrected chi connectivity index (χ0v) is 20.1. The molecule has 0 aliphatic heterocycles. The van der Waals surface area contributed by atoms with Crippen molar-refractivity contribution in [3.05, 3.63) is 96.2 Å². The number of nitrogens with one attached hydrogen (secondary N) is 1. The van der Waals surface area contributed by atoms with Gasteiger partial charge >= 0.3 is 0 Å². The molecule has 1 heterocycles. The number of rotatable bonds is 6. The van der Waals surface area contributed by atoms with Crippen molar-refractivity contribution in [1.82, 2.24) is 4.98 Å². The Hall–Kier alpha value is -3.86. The van der Waals surface area contributed by atoms with Crippen LogP contribution in [0.25, 0.3) is 10.9 Å². The number of fused-ring (bicyclic) bond motifs is 1. The molecule has 5 nitrogen and oxygen atoms in total. The van der Waals surface area contributed by atoms with Crippen LogP contribution < -0.4 is 14.8 Å². The number of amides is 1. The van der Waals surface area contributed by atoms with Gasteiger partial charge < -0.3 is 14.8 Å². The quantitative estimate of drug-likeness (QED) is 0.350. The van der Waals surface area contributed by atoms with Crippen LogP contribution in [0.5, 0.6) is 11.5 Å². The Kier molecular flexibility index (Phi) is 6.66. The van der Waals surface area contributed by atoms with Gasteiger partial charge in [-0.15, -0.1) is 0 Å². The third-order valence-corrected chi connectivity index (χ3v) is 7.18. The number of carbonyl (C=O) groups is 1. The molecule has 0 saturated heterocycles. The van der Waals surface area contributed by atoms with Crippen LogP contribution in [0.4, 0.5) is 5.69 Å². The first-order valence-corrected chi connectivity index (χ1v) is 12.1. The van der Waals surface area contributed by atoms with Crippen molar-refractivity contribution in [2.45, 2.75) is 31.1 Å². The highest BCUT2D eigenvalue weighted by Crippen LogP contribution is 2.47. The lowest BCUT2D eigenvalue weighted by molar-refractivity contribution is -0.122. The molecule has 3 atom stereocenters. The summed E-state index contributed by atoms with van der Waals surface area (Å²) in [5, 5.41) is 4.26. The number of hydrogen-bond acceptors (Lipinski definition) is 4. The molecule has 3 aromatic carbocycles. The topological polar surface area (TPSA) is 60.5 Å². The average Bonchev–Trinajstić information content (AvgIpc) is 2.93. The molecule has 1 aliphatic rings. The third kappa shape index (κ3) is 4.72. The second-order valence-electron chi connectivity index (χ2n) is 9.09. The van der Waals surface area contributed by atoms with Gasteiger partial charge in [0.1, 0.15) is 11.5 Å². The van der Waals surface area contributed by atoms with Crippen LogP contribution in [-0.4, -0.2) is 25.1 Å². The predicted octanol–water partition coefficient (Wildman–Crippen LogP) is 6.56. The largest absolute Gasteiger partial charge is 0.497 e. The van der Waals surface area contributed by atoms with Gasteiger partial charge in [0.25, 0.3) is 0 Å². The van der Waals surface area contributed by atoms with E-state index in [-0.39, 0.29) is 23.7 Å². The lowest BCUT2D eigenvalue weighted by atomic mass is 9.66. The Morgan fingerprint density at radius 1 is 0.800 bits per heavy atom. The summed E-state index contributed by atoms with van der Waals surface area (Å²) in [6.07, 6.45) is 4.75. The normalized spacial score (nSPS) is 19.8. The predicted molar refractivity (Wildman–Crippen MR) is 139 cm³/mol. The molecular formula is C30H30N2O3. The molecule has 1 saturated carbocycles. The zero-order valence-electron chi connectivity index (χ0n) is 20.1. The van der Waals surface area contributed by atoms with Crippen LogP contribution in [0.1, 0.15) is 42.2 Å². The van der Waals surface area contributed by atoms with Gasteiger partial charge in [0.15, 0.2) is 0 Å². The maximum atomic E-state index is 14.0. The highest BCUT2D eigenvalue weighted by atomic mass is 16.5. The Balaban J connectivity index is 1.53. The monoisotopic (exact) mass is 466 g/mol. The Bertz CT molecular complexity index is 1240.